The number of carbonyl (C=O) groups is 1. The average Bonchev–Trinajstić information content (AvgIpc) is 2.25. The van der Waals surface area contributed by atoms with Gasteiger partial charge < -0.3 is 9.64 Å². The van der Waals surface area contributed by atoms with Crippen LogP contribution in [-0.4, -0.2) is 22.9 Å². The molecule has 0 bridgehead atoms. The lowest BCUT2D eigenvalue weighted by Crippen LogP contribution is -2.40. The van der Waals surface area contributed by atoms with Gasteiger partial charge in [0, 0.05) is 13.1 Å². The molecule has 2 rings (SSSR count). The number of nitro groups is 1. The standard InChI is InChI=1S/C9H7BrN2O4/c1-11-6-3-2-5(12(14)15)4-7(6)16-8(10)9(11)13/h2-4,8H,1H3. The molecular formula is C9H7BrN2O4. The van der Waals surface area contributed by atoms with E-state index in [1.807, 2.05) is 0 Å². The van der Waals surface area contributed by atoms with Gasteiger partial charge in [-0.15, -0.1) is 0 Å². The minimum Gasteiger partial charge on any atom is -0.467 e. The van der Waals surface area contributed by atoms with E-state index in [2.05, 4.69) is 15.9 Å². The van der Waals surface area contributed by atoms with E-state index < -0.39 is 9.94 Å². The first-order valence-corrected chi connectivity index (χ1v) is 5.29. The first-order valence-electron chi connectivity index (χ1n) is 4.37. The summed E-state index contributed by atoms with van der Waals surface area (Å²) in [5.41, 5.74) is 0.451. The van der Waals surface area contributed by atoms with Crippen molar-refractivity contribution in [2.45, 2.75) is 5.01 Å². The van der Waals surface area contributed by atoms with Crippen LogP contribution < -0.4 is 9.64 Å². The number of hydrogen-bond donors (Lipinski definition) is 0. The Bertz CT molecular complexity index is 477. The summed E-state index contributed by atoms with van der Waals surface area (Å²) < 4.78 is 5.23. The van der Waals surface area contributed by atoms with Crippen LogP contribution in [0, 0.1) is 10.1 Å². The minimum absolute atomic E-state index is 0.0683. The van der Waals surface area contributed by atoms with Crippen molar-refractivity contribution >= 4 is 33.2 Å². The van der Waals surface area contributed by atoms with Crippen molar-refractivity contribution in [3.63, 3.8) is 0 Å². The normalized spacial score (nSPS) is 19.0. The van der Waals surface area contributed by atoms with Crippen LogP contribution in [0.2, 0.25) is 0 Å². The van der Waals surface area contributed by atoms with Crippen LogP contribution in [0.15, 0.2) is 18.2 Å². The largest absolute Gasteiger partial charge is 0.467 e. The quantitative estimate of drug-likeness (QED) is 0.447. The van der Waals surface area contributed by atoms with E-state index >= 15 is 0 Å². The predicted octanol–water partition coefficient (Wildman–Crippen LogP) is 1.67. The van der Waals surface area contributed by atoms with Crippen molar-refractivity contribution in [1.82, 2.24) is 0 Å². The third-order valence-corrected chi connectivity index (χ3v) is 2.85. The Balaban J connectivity index is 2.49. The molecule has 1 aromatic carbocycles. The summed E-state index contributed by atoms with van der Waals surface area (Å²) in [6.45, 7) is 0. The van der Waals surface area contributed by atoms with Gasteiger partial charge in [-0.3, -0.25) is 14.9 Å². The van der Waals surface area contributed by atoms with E-state index in [4.69, 9.17) is 4.74 Å². The highest BCUT2D eigenvalue weighted by atomic mass is 79.9. The number of halogens is 1. The monoisotopic (exact) mass is 286 g/mol. The lowest BCUT2D eigenvalue weighted by atomic mass is 10.2. The molecule has 1 amide bonds. The van der Waals surface area contributed by atoms with Gasteiger partial charge in [-0.1, -0.05) is 0 Å². The van der Waals surface area contributed by atoms with E-state index in [9.17, 15) is 14.9 Å². The average molecular weight is 287 g/mol. The molecule has 6 nitrogen and oxygen atoms in total. The summed E-state index contributed by atoms with van der Waals surface area (Å²) in [6, 6.07) is 4.12. The van der Waals surface area contributed by atoms with Crippen LogP contribution in [0.5, 0.6) is 5.75 Å². The van der Waals surface area contributed by atoms with Crippen molar-refractivity contribution < 1.29 is 14.5 Å². The van der Waals surface area contributed by atoms with Gasteiger partial charge in [0.25, 0.3) is 11.6 Å². The number of rotatable bonds is 1. The number of non-ortho nitro benzene ring substituents is 1. The van der Waals surface area contributed by atoms with Crippen LogP contribution in [-0.2, 0) is 4.79 Å². The molecule has 84 valence electrons. The van der Waals surface area contributed by atoms with E-state index in [0.29, 0.717) is 11.4 Å². The summed E-state index contributed by atoms with van der Waals surface area (Å²) >= 11 is 3.04. The van der Waals surface area contributed by atoms with Gasteiger partial charge in [0.2, 0.25) is 5.01 Å². The molecule has 0 saturated heterocycles. The fraction of sp³-hybridized carbons (Fsp3) is 0.222. The zero-order valence-corrected chi connectivity index (χ0v) is 9.80. The van der Waals surface area contributed by atoms with Gasteiger partial charge in [0.15, 0.2) is 5.75 Å². The number of amides is 1. The third kappa shape index (κ3) is 1.63. The van der Waals surface area contributed by atoms with Crippen LogP contribution in [0.3, 0.4) is 0 Å². The van der Waals surface area contributed by atoms with Gasteiger partial charge >= 0.3 is 0 Å². The number of nitrogens with zero attached hydrogens (tertiary/aromatic N) is 2. The van der Waals surface area contributed by atoms with Crippen molar-refractivity contribution in [2.24, 2.45) is 0 Å². The van der Waals surface area contributed by atoms with Crippen molar-refractivity contribution in [1.29, 1.82) is 0 Å². The second-order valence-corrected chi connectivity index (χ2v) is 4.07. The van der Waals surface area contributed by atoms with E-state index in [1.165, 1.54) is 23.1 Å². The van der Waals surface area contributed by atoms with Crippen molar-refractivity contribution in [3.05, 3.63) is 28.3 Å². The number of benzene rings is 1. The van der Waals surface area contributed by atoms with Crippen LogP contribution in [0.25, 0.3) is 0 Å². The fourth-order valence-electron chi connectivity index (χ4n) is 1.42. The van der Waals surface area contributed by atoms with Gasteiger partial charge in [0.1, 0.15) is 0 Å². The molecule has 1 aromatic rings. The highest BCUT2D eigenvalue weighted by molar-refractivity contribution is 9.09. The van der Waals surface area contributed by atoms with E-state index in [0.717, 1.165) is 0 Å². The number of ether oxygens (including phenoxy) is 1. The number of anilines is 1. The topological polar surface area (TPSA) is 72.7 Å². The Kier molecular flexibility index (Phi) is 2.55. The smallest absolute Gasteiger partial charge is 0.279 e. The molecule has 1 atom stereocenters. The SMILES string of the molecule is CN1C(=O)C(Br)Oc2cc([N+](=O)[O-])ccc21. The van der Waals surface area contributed by atoms with Gasteiger partial charge in [-0.2, -0.15) is 0 Å². The van der Waals surface area contributed by atoms with E-state index in [-0.39, 0.29) is 11.6 Å². The fourth-order valence-corrected chi connectivity index (χ4v) is 1.93. The summed E-state index contributed by atoms with van der Waals surface area (Å²) in [7, 11) is 1.59. The maximum Gasteiger partial charge on any atom is 0.279 e. The van der Waals surface area contributed by atoms with Gasteiger partial charge in [-0.05, 0) is 22.0 Å². The molecule has 1 heterocycles. The molecular weight excluding hydrogens is 280 g/mol. The molecule has 0 aromatic heterocycles. The van der Waals surface area contributed by atoms with Crippen LogP contribution in [0.1, 0.15) is 0 Å². The number of nitro benzene ring substituents is 1. The molecule has 1 unspecified atom stereocenters. The lowest BCUT2D eigenvalue weighted by Gasteiger charge is -2.28. The molecule has 0 radical (unpaired) electrons. The van der Waals surface area contributed by atoms with Gasteiger partial charge in [-0.25, -0.2) is 0 Å². The summed E-state index contributed by atoms with van der Waals surface area (Å²) in [5.74, 6) is 0.0690. The van der Waals surface area contributed by atoms with Gasteiger partial charge in [0.05, 0.1) is 16.7 Å². The molecule has 7 heteroatoms. The molecule has 0 saturated carbocycles. The van der Waals surface area contributed by atoms with E-state index in [1.54, 1.807) is 7.05 Å². The predicted molar refractivity (Wildman–Crippen MR) is 59.8 cm³/mol. The minimum atomic E-state index is -0.799. The first kappa shape index (κ1) is 10.9. The van der Waals surface area contributed by atoms with Crippen molar-refractivity contribution in [2.75, 3.05) is 11.9 Å². The second-order valence-electron chi connectivity index (χ2n) is 3.24. The molecule has 0 fully saturated rings. The van der Waals surface area contributed by atoms with Crippen LogP contribution in [0.4, 0.5) is 11.4 Å². The Morgan fingerprint density at radius 3 is 2.88 bits per heavy atom. The Morgan fingerprint density at radius 2 is 2.25 bits per heavy atom. The Labute approximate surface area is 99.1 Å². The highest BCUT2D eigenvalue weighted by Gasteiger charge is 2.31. The first-order chi connectivity index (χ1) is 7.50. The van der Waals surface area contributed by atoms with Crippen molar-refractivity contribution in [3.8, 4) is 5.75 Å². The summed E-state index contributed by atoms with van der Waals surface area (Å²) in [5, 5.41) is 9.77. The zero-order chi connectivity index (χ0) is 11.9. The molecule has 1 aliphatic heterocycles. The molecule has 1 aliphatic rings. The number of hydrogen-bond acceptors (Lipinski definition) is 4. The molecule has 16 heavy (non-hydrogen) atoms. The maximum atomic E-state index is 11.5. The summed E-state index contributed by atoms with van der Waals surface area (Å²) in [4.78, 5) is 23.0. The number of carbonyl (C=O) groups excluding carboxylic acids is 1. The summed E-state index contributed by atoms with van der Waals surface area (Å²) in [6.07, 6.45) is 0. The Morgan fingerprint density at radius 1 is 1.56 bits per heavy atom. The molecule has 0 aliphatic carbocycles. The lowest BCUT2D eigenvalue weighted by molar-refractivity contribution is -0.384. The molecule has 0 N–H and O–H groups in total. The zero-order valence-electron chi connectivity index (χ0n) is 8.21. The highest BCUT2D eigenvalue weighted by Crippen LogP contribution is 2.36. The Hall–Kier alpha value is -1.63. The van der Waals surface area contributed by atoms with Crippen LogP contribution >= 0.6 is 15.9 Å². The second kappa shape index (κ2) is 3.75. The maximum absolute atomic E-state index is 11.5. The number of fused-ring (bicyclic) bond motifs is 1. The third-order valence-electron chi connectivity index (χ3n) is 2.27. The number of alkyl halides is 1. The number of likely N-dealkylation sites (N-methyl/N-ethyl adjacent to an activating group) is 1. The molecule has 0 spiro atoms.